The van der Waals surface area contributed by atoms with Crippen molar-refractivity contribution in [2.24, 2.45) is 11.8 Å². The van der Waals surface area contributed by atoms with Gasteiger partial charge in [0.05, 0.1) is 17.2 Å². The first-order valence-electron chi connectivity index (χ1n) is 8.46. The van der Waals surface area contributed by atoms with Crippen LogP contribution in [0.1, 0.15) is 23.7 Å². The van der Waals surface area contributed by atoms with Gasteiger partial charge in [-0.25, -0.2) is 0 Å². The Morgan fingerprint density at radius 2 is 1.65 bits per heavy atom. The van der Waals surface area contributed by atoms with Gasteiger partial charge in [-0.05, 0) is 36.6 Å². The molecule has 6 nitrogen and oxygen atoms in total. The van der Waals surface area contributed by atoms with Gasteiger partial charge >= 0.3 is 5.97 Å². The van der Waals surface area contributed by atoms with Crippen LogP contribution in [0.5, 0.6) is 0 Å². The number of carbonyl (C=O) groups excluding carboxylic acids is 3. The predicted molar refractivity (Wildman–Crippen MR) is 97.7 cm³/mol. The van der Waals surface area contributed by atoms with Crippen LogP contribution in [0.15, 0.2) is 54.6 Å². The van der Waals surface area contributed by atoms with Gasteiger partial charge in [-0.2, -0.15) is 0 Å². The van der Waals surface area contributed by atoms with Crippen LogP contribution in [0.2, 0.25) is 0 Å². The van der Waals surface area contributed by atoms with Crippen LogP contribution in [0.4, 0.5) is 11.4 Å². The minimum absolute atomic E-state index is 0.0910. The van der Waals surface area contributed by atoms with Crippen molar-refractivity contribution in [1.82, 2.24) is 0 Å². The smallest absolute Gasteiger partial charge is 0.309 e. The van der Waals surface area contributed by atoms with Crippen molar-refractivity contribution in [2.45, 2.75) is 13.3 Å². The average Bonchev–Trinajstić information content (AvgIpc) is 3.38. The minimum atomic E-state index is -0.480. The molecule has 0 spiro atoms. The molecule has 0 saturated heterocycles. The molecule has 0 unspecified atom stereocenters. The summed E-state index contributed by atoms with van der Waals surface area (Å²) in [5, 5.41) is 5.40. The highest BCUT2D eigenvalue weighted by atomic mass is 16.5. The molecule has 6 heteroatoms. The maximum Gasteiger partial charge on any atom is 0.309 e. The first-order chi connectivity index (χ1) is 12.5. The Morgan fingerprint density at radius 3 is 2.35 bits per heavy atom. The van der Waals surface area contributed by atoms with E-state index in [9.17, 15) is 14.4 Å². The van der Waals surface area contributed by atoms with E-state index in [4.69, 9.17) is 4.74 Å². The fraction of sp³-hybridized carbons (Fsp3) is 0.250. The summed E-state index contributed by atoms with van der Waals surface area (Å²) in [7, 11) is 0. The third-order valence-corrected chi connectivity index (χ3v) is 4.24. The molecular weight excluding hydrogens is 332 g/mol. The summed E-state index contributed by atoms with van der Waals surface area (Å²) in [6.45, 7) is 1.60. The minimum Gasteiger partial charge on any atom is -0.455 e. The molecule has 0 aliphatic heterocycles. The summed E-state index contributed by atoms with van der Waals surface area (Å²) in [5.41, 5.74) is 1.35. The Hall–Kier alpha value is -3.15. The highest BCUT2D eigenvalue weighted by molar-refractivity contribution is 6.10. The van der Waals surface area contributed by atoms with Gasteiger partial charge in [0.2, 0.25) is 0 Å². The number of amides is 2. The van der Waals surface area contributed by atoms with E-state index in [1.54, 1.807) is 36.4 Å². The molecule has 0 radical (unpaired) electrons. The van der Waals surface area contributed by atoms with E-state index in [2.05, 4.69) is 10.6 Å². The summed E-state index contributed by atoms with van der Waals surface area (Å²) in [5.74, 6) is -0.926. The van der Waals surface area contributed by atoms with Crippen molar-refractivity contribution in [3.05, 3.63) is 60.2 Å². The number of hydrogen-bond acceptors (Lipinski definition) is 4. The molecule has 2 atom stereocenters. The third kappa shape index (κ3) is 4.47. The molecule has 0 aromatic heterocycles. The SMILES string of the molecule is C[C@H]1C[C@H]1C(=O)OCC(=O)Nc1ccccc1C(=O)Nc1ccccc1. The van der Waals surface area contributed by atoms with Crippen LogP contribution in [-0.2, 0) is 14.3 Å². The van der Waals surface area contributed by atoms with Crippen LogP contribution in [0.3, 0.4) is 0 Å². The van der Waals surface area contributed by atoms with Crippen molar-refractivity contribution < 1.29 is 19.1 Å². The molecule has 2 aromatic carbocycles. The molecule has 3 rings (SSSR count). The van der Waals surface area contributed by atoms with Crippen LogP contribution in [-0.4, -0.2) is 24.4 Å². The number of rotatable bonds is 6. The zero-order valence-corrected chi connectivity index (χ0v) is 14.4. The molecule has 2 amide bonds. The van der Waals surface area contributed by atoms with E-state index in [1.165, 1.54) is 0 Å². The number of anilines is 2. The van der Waals surface area contributed by atoms with Gasteiger partial charge < -0.3 is 15.4 Å². The molecule has 1 aliphatic carbocycles. The molecule has 2 aromatic rings. The lowest BCUT2D eigenvalue weighted by Crippen LogP contribution is -2.23. The average molecular weight is 352 g/mol. The van der Waals surface area contributed by atoms with Crippen LogP contribution < -0.4 is 10.6 Å². The number of benzene rings is 2. The van der Waals surface area contributed by atoms with E-state index in [0.29, 0.717) is 22.9 Å². The number of esters is 1. The van der Waals surface area contributed by atoms with Crippen LogP contribution >= 0.6 is 0 Å². The molecule has 1 saturated carbocycles. The zero-order chi connectivity index (χ0) is 18.5. The third-order valence-electron chi connectivity index (χ3n) is 4.24. The first kappa shape index (κ1) is 17.7. The summed E-state index contributed by atoms with van der Waals surface area (Å²) in [4.78, 5) is 36.2. The Morgan fingerprint density at radius 1 is 1.00 bits per heavy atom. The summed E-state index contributed by atoms with van der Waals surface area (Å²) >= 11 is 0. The lowest BCUT2D eigenvalue weighted by Gasteiger charge is -2.11. The predicted octanol–water partition coefficient (Wildman–Crippen LogP) is 3.08. The fourth-order valence-corrected chi connectivity index (χ4v) is 2.59. The Kier molecular flexibility index (Phi) is 5.31. The van der Waals surface area contributed by atoms with Crippen molar-refractivity contribution in [2.75, 3.05) is 17.2 Å². The maximum atomic E-state index is 12.5. The van der Waals surface area contributed by atoms with E-state index in [-0.39, 0.29) is 24.4 Å². The molecule has 0 heterocycles. The quantitative estimate of drug-likeness (QED) is 0.783. The standard InChI is InChI=1S/C20H20N2O4/c1-13-11-16(13)20(25)26-12-18(23)22-17-10-6-5-9-15(17)19(24)21-14-7-3-2-4-8-14/h2-10,13,16H,11-12H2,1H3,(H,21,24)(H,22,23)/t13-,16+/m0/s1. The highest BCUT2D eigenvalue weighted by Crippen LogP contribution is 2.38. The van der Waals surface area contributed by atoms with E-state index in [1.807, 2.05) is 25.1 Å². The molecule has 1 aliphatic rings. The van der Waals surface area contributed by atoms with E-state index in [0.717, 1.165) is 6.42 Å². The van der Waals surface area contributed by atoms with Gasteiger partial charge in [-0.15, -0.1) is 0 Å². The number of carbonyl (C=O) groups is 3. The topological polar surface area (TPSA) is 84.5 Å². The molecule has 2 N–H and O–H groups in total. The lowest BCUT2D eigenvalue weighted by molar-refractivity contribution is -0.148. The number of nitrogens with one attached hydrogen (secondary N) is 2. The second-order valence-corrected chi connectivity index (χ2v) is 6.34. The molecule has 0 bridgehead atoms. The second kappa shape index (κ2) is 7.82. The maximum absolute atomic E-state index is 12.5. The van der Waals surface area contributed by atoms with Crippen molar-refractivity contribution >= 4 is 29.2 Å². The summed E-state index contributed by atoms with van der Waals surface area (Å²) < 4.78 is 5.01. The first-order valence-corrected chi connectivity index (χ1v) is 8.46. The van der Waals surface area contributed by atoms with Gasteiger partial charge in [0, 0.05) is 5.69 Å². The van der Waals surface area contributed by atoms with Crippen molar-refractivity contribution in [3.63, 3.8) is 0 Å². The van der Waals surface area contributed by atoms with E-state index < -0.39 is 5.91 Å². The lowest BCUT2D eigenvalue weighted by atomic mass is 10.1. The van der Waals surface area contributed by atoms with Gasteiger partial charge in [-0.3, -0.25) is 14.4 Å². The largest absolute Gasteiger partial charge is 0.455 e. The Balaban J connectivity index is 1.60. The number of para-hydroxylation sites is 2. The number of hydrogen-bond donors (Lipinski definition) is 2. The summed E-state index contributed by atoms with van der Waals surface area (Å²) in [6.07, 6.45) is 0.808. The molecule has 26 heavy (non-hydrogen) atoms. The monoisotopic (exact) mass is 352 g/mol. The Bertz CT molecular complexity index is 820. The van der Waals surface area contributed by atoms with Gasteiger partial charge in [0.15, 0.2) is 6.61 Å². The molecule has 1 fully saturated rings. The molecular formula is C20H20N2O4. The Labute approximate surface area is 151 Å². The summed E-state index contributed by atoms with van der Waals surface area (Å²) in [6, 6.07) is 15.7. The van der Waals surface area contributed by atoms with Gasteiger partial charge in [0.1, 0.15) is 0 Å². The van der Waals surface area contributed by atoms with Crippen molar-refractivity contribution in [3.8, 4) is 0 Å². The second-order valence-electron chi connectivity index (χ2n) is 6.34. The van der Waals surface area contributed by atoms with Crippen LogP contribution in [0, 0.1) is 11.8 Å². The molecule has 134 valence electrons. The fourth-order valence-electron chi connectivity index (χ4n) is 2.59. The van der Waals surface area contributed by atoms with Gasteiger partial charge in [0.25, 0.3) is 11.8 Å². The van der Waals surface area contributed by atoms with Crippen molar-refractivity contribution in [1.29, 1.82) is 0 Å². The highest BCUT2D eigenvalue weighted by Gasteiger charge is 2.40. The normalized spacial score (nSPS) is 17.9. The number of ether oxygens (including phenoxy) is 1. The van der Waals surface area contributed by atoms with Crippen LogP contribution in [0.25, 0.3) is 0 Å². The zero-order valence-electron chi connectivity index (χ0n) is 14.4. The van der Waals surface area contributed by atoms with Gasteiger partial charge in [-0.1, -0.05) is 37.3 Å². The van der Waals surface area contributed by atoms with E-state index >= 15 is 0 Å².